The Hall–Kier alpha value is -2.92. The third-order valence-electron chi connectivity index (χ3n) is 4.29. The smallest absolute Gasteiger partial charge is 0.224 e. The molecule has 1 amide bonds. The predicted octanol–water partition coefficient (Wildman–Crippen LogP) is 0.651. The van der Waals surface area contributed by atoms with Gasteiger partial charge in [0.05, 0.1) is 31.4 Å². The number of carbonyl (C=O) groups is 1. The van der Waals surface area contributed by atoms with Crippen LogP contribution < -0.4 is 10.1 Å². The van der Waals surface area contributed by atoms with Gasteiger partial charge in [-0.2, -0.15) is 10.4 Å². The highest BCUT2D eigenvalue weighted by atomic mass is 16.5. The number of pyridine rings is 1. The molecule has 1 N–H and O–H groups in total. The molecule has 1 atom stereocenters. The summed E-state index contributed by atoms with van der Waals surface area (Å²) in [5, 5.41) is 15.8. The van der Waals surface area contributed by atoms with Crippen LogP contribution in [0, 0.1) is 11.3 Å². The molecule has 3 heterocycles. The molecule has 1 aliphatic heterocycles. The zero-order valence-electron chi connectivity index (χ0n) is 14.8. The molecule has 1 saturated heterocycles. The van der Waals surface area contributed by atoms with Crippen LogP contribution in [-0.2, 0) is 24.8 Å². The second kappa shape index (κ2) is 8.45. The highest BCUT2D eigenvalue weighted by Gasteiger charge is 2.24. The van der Waals surface area contributed by atoms with Crippen molar-refractivity contribution in [3.05, 3.63) is 42.0 Å². The molecule has 8 nitrogen and oxygen atoms in total. The molecule has 136 valence electrons. The number of hydrogen-bond acceptors (Lipinski definition) is 6. The highest BCUT2D eigenvalue weighted by molar-refractivity contribution is 5.78. The van der Waals surface area contributed by atoms with Crippen LogP contribution in [0.15, 0.2) is 30.9 Å². The zero-order chi connectivity index (χ0) is 18.4. The lowest BCUT2D eigenvalue weighted by Crippen LogP contribution is -2.27. The standard InChI is InChI=1S/C18H22N6O2/c1-23-12-14(9-22-23)8-18(25)21-10-15-2-5-20-11-17(15)26-16-3-6-24(13-16)7-4-19/h2,5,9,11-12,16H,3,6-8,10,13H2,1H3,(H,21,25)/t16-/m0/s1. The maximum Gasteiger partial charge on any atom is 0.224 e. The fraction of sp³-hybridized carbons (Fsp3) is 0.444. The van der Waals surface area contributed by atoms with Crippen molar-refractivity contribution in [1.29, 1.82) is 5.26 Å². The van der Waals surface area contributed by atoms with Gasteiger partial charge in [-0.3, -0.25) is 19.4 Å². The molecule has 8 heteroatoms. The first kappa shape index (κ1) is 17.9. The van der Waals surface area contributed by atoms with Crippen molar-refractivity contribution in [2.75, 3.05) is 19.6 Å². The van der Waals surface area contributed by atoms with E-state index in [4.69, 9.17) is 10.00 Å². The normalized spacial score (nSPS) is 17.0. The van der Waals surface area contributed by atoms with Gasteiger partial charge in [0, 0.05) is 44.6 Å². The van der Waals surface area contributed by atoms with Crippen LogP contribution >= 0.6 is 0 Å². The fourth-order valence-electron chi connectivity index (χ4n) is 2.98. The van der Waals surface area contributed by atoms with E-state index in [-0.39, 0.29) is 12.0 Å². The van der Waals surface area contributed by atoms with E-state index in [1.165, 1.54) is 0 Å². The minimum Gasteiger partial charge on any atom is -0.487 e. The van der Waals surface area contributed by atoms with Crippen LogP contribution in [0.5, 0.6) is 5.75 Å². The van der Waals surface area contributed by atoms with E-state index in [1.54, 1.807) is 23.3 Å². The van der Waals surface area contributed by atoms with Gasteiger partial charge in [0.25, 0.3) is 0 Å². The number of nitrogens with one attached hydrogen (secondary N) is 1. The summed E-state index contributed by atoms with van der Waals surface area (Å²) >= 11 is 0. The number of ether oxygens (including phenoxy) is 1. The molecule has 0 radical (unpaired) electrons. The van der Waals surface area contributed by atoms with Gasteiger partial charge in [-0.15, -0.1) is 0 Å². The van der Waals surface area contributed by atoms with Gasteiger partial charge in [0.15, 0.2) is 0 Å². The Kier molecular flexibility index (Phi) is 5.81. The summed E-state index contributed by atoms with van der Waals surface area (Å²) in [5.41, 5.74) is 1.76. The number of hydrogen-bond donors (Lipinski definition) is 1. The van der Waals surface area contributed by atoms with Crippen LogP contribution in [0.25, 0.3) is 0 Å². The third-order valence-corrected chi connectivity index (χ3v) is 4.29. The van der Waals surface area contributed by atoms with E-state index < -0.39 is 0 Å². The number of amides is 1. The third kappa shape index (κ3) is 4.80. The van der Waals surface area contributed by atoms with Crippen LogP contribution in [0.4, 0.5) is 0 Å². The second-order valence-electron chi connectivity index (χ2n) is 6.38. The Morgan fingerprint density at radius 1 is 1.50 bits per heavy atom. The number of rotatable bonds is 7. The van der Waals surface area contributed by atoms with Gasteiger partial charge < -0.3 is 10.1 Å². The lowest BCUT2D eigenvalue weighted by atomic mass is 10.2. The Morgan fingerprint density at radius 3 is 3.15 bits per heavy atom. The van der Waals surface area contributed by atoms with Crippen molar-refractivity contribution in [2.24, 2.45) is 7.05 Å². The molecule has 26 heavy (non-hydrogen) atoms. The van der Waals surface area contributed by atoms with Crippen molar-refractivity contribution < 1.29 is 9.53 Å². The average Bonchev–Trinajstić information content (AvgIpc) is 3.23. The van der Waals surface area contributed by atoms with E-state index in [0.717, 1.165) is 30.6 Å². The van der Waals surface area contributed by atoms with Gasteiger partial charge in [-0.1, -0.05) is 0 Å². The Morgan fingerprint density at radius 2 is 2.38 bits per heavy atom. The Labute approximate surface area is 152 Å². The number of likely N-dealkylation sites (tertiary alicyclic amines) is 1. The summed E-state index contributed by atoms with van der Waals surface area (Å²) in [7, 11) is 1.82. The van der Waals surface area contributed by atoms with Crippen molar-refractivity contribution in [3.8, 4) is 11.8 Å². The molecule has 0 aliphatic carbocycles. The summed E-state index contributed by atoms with van der Waals surface area (Å²) in [6, 6.07) is 4.01. The van der Waals surface area contributed by atoms with Crippen molar-refractivity contribution in [3.63, 3.8) is 0 Å². The first-order valence-corrected chi connectivity index (χ1v) is 8.57. The molecule has 0 saturated carbocycles. The predicted molar refractivity (Wildman–Crippen MR) is 94.1 cm³/mol. The number of carbonyl (C=O) groups excluding carboxylic acids is 1. The zero-order valence-corrected chi connectivity index (χ0v) is 14.8. The second-order valence-corrected chi connectivity index (χ2v) is 6.38. The first-order valence-electron chi connectivity index (χ1n) is 8.57. The van der Waals surface area contributed by atoms with Crippen LogP contribution in [-0.4, -0.2) is 51.3 Å². The first-order chi connectivity index (χ1) is 12.6. The summed E-state index contributed by atoms with van der Waals surface area (Å²) in [5.74, 6) is 0.611. The van der Waals surface area contributed by atoms with Crippen LogP contribution in [0.2, 0.25) is 0 Å². The SMILES string of the molecule is Cn1cc(CC(=O)NCc2ccncc2O[C@H]2CCN(CC#N)C2)cn1. The summed E-state index contributed by atoms with van der Waals surface area (Å²) in [4.78, 5) is 18.3. The number of nitriles is 1. The number of aryl methyl sites for hydroxylation is 1. The lowest BCUT2D eigenvalue weighted by molar-refractivity contribution is -0.120. The lowest BCUT2D eigenvalue weighted by Gasteiger charge is -2.17. The molecule has 0 bridgehead atoms. The number of nitrogens with zero attached hydrogens (tertiary/aromatic N) is 5. The quantitative estimate of drug-likeness (QED) is 0.734. The van der Waals surface area contributed by atoms with E-state index >= 15 is 0 Å². The van der Waals surface area contributed by atoms with Gasteiger partial charge in [0.2, 0.25) is 5.91 Å². The van der Waals surface area contributed by atoms with Crippen LogP contribution in [0.3, 0.4) is 0 Å². The van der Waals surface area contributed by atoms with E-state index in [1.807, 2.05) is 19.3 Å². The maximum absolute atomic E-state index is 12.1. The molecule has 1 fully saturated rings. The molecular weight excluding hydrogens is 332 g/mol. The van der Waals surface area contributed by atoms with Gasteiger partial charge in [0.1, 0.15) is 11.9 Å². The molecule has 3 rings (SSSR count). The largest absolute Gasteiger partial charge is 0.487 e. The van der Waals surface area contributed by atoms with E-state index in [2.05, 4.69) is 26.4 Å². The minimum absolute atomic E-state index is 0.0393. The topological polar surface area (TPSA) is 96.1 Å². The summed E-state index contributed by atoms with van der Waals surface area (Å²) in [6.07, 6.45) is 8.09. The summed E-state index contributed by atoms with van der Waals surface area (Å²) in [6.45, 7) is 2.39. The number of aromatic nitrogens is 3. The molecule has 2 aromatic rings. The van der Waals surface area contributed by atoms with Crippen molar-refractivity contribution in [2.45, 2.75) is 25.5 Å². The van der Waals surface area contributed by atoms with Gasteiger partial charge >= 0.3 is 0 Å². The van der Waals surface area contributed by atoms with Crippen LogP contribution in [0.1, 0.15) is 17.5 Å². The molecule has 1 aliphatic rings. The minimum atomic E-state index is -0.0678. The molecule has 0 unspecified atom stereocenters. The Bertz CT molecular complexity index is 797. The van der Waals surface area contributed by atoms with Crippen molar-refractivity contribution >= 4 is 5.91 Å². The molecule has 0 spiro atoms. The maximum atomic E-state index is 12.1. The van der Waals surface area contributed by atoms with E-state index in [0.29, 0.717) is 25.3 Å². The van der Waals surface area contributed by atoms with Crippen molar-refractivity contribution in [1.82, 2.24) is 25.0 Å². The Balaban J connectivity index is 1.54. The molecular formula is C18H22N6O2. The average molecular weight is 354 g/mol. The molecule has 2 aromatic heterocycles. The van der Waals surface area contributed by atoms with E-state index in [9.17, 15) is 4.79 Å². The van der Waals surface area contributed by atoms with Gasteiger partial charge in [-0.25, -0.2) is 0 Å². The fourth-order valence-corrected chi connectivity index (χ4v) is 2.98. The van der Waals surface area contributed by atoms with Gasteiger partial charge in [-0.05, 0) is 18.1 Å². The highest BCUT2D eigenvalue weighted by Crippen LogP contribution is 2.21. The monoisotopic (exact) mass is 354 g/mol. The summed E-state index contributed by atoms with van der Waals surface area (Å²) < 4.78 is 7.73. The molecule has 0 aromatic carbocycles.